The van der Waals surface area contributed by atoms with E-state index in [9.17, 15) is 4.79 Å². The summed E-state index contributed by atoms with van der Waals surface area (Å²) in [6.07, 6.45) is 8.89. The summed E-state index contributed by atoms with van der Waals surface area (Å²) in [6, 6.07) is 0. The third-order valence-corrected chi connectivity index (χ3v) is 1.73. The van der Waals surface area contributed by atoms with Crippen LogP contribution in [0.1, 0.15) is 19.3 Å². The van der Waals surface area contributed by atoms with Crippen LogP contribution in [0.25, 0.3) is 0 Å². The number of carbonyl (C=O) groups is 1. The molecular formula is C13H18O2. The molecule has 0 radical (unpaired) electrons. The van der Waals surface area contributed by atoms with Crippen LogP contribution in [0.4, 0.5) is 0 Å². The van der Waals surface area contributed by atoms with Gasteiger partial charge in [-0.2, -0.15) is 0 Å². The Morgan fingerprint density at radius 2 is 1.60 bits per heavy atom. The number of rotatable bonds is 8. The van der Waals surface area contributed by atoms with Crippen molar-refractivity contribution in [3.05, 3.63) is 49.6 Å². The molecule has 0 aliphatic heterocycles. The van der Waals surface area contributed by atoms with Gasteiger partial charge in [-0.3, -0.25) is 4.79 Å². The average Bonchev–Trinajstić information content (AvgIpc) is 2.23. The lowest BCUT2D eigenvalue weighted by Crippen LogP contribution is -2.02. The maximum Gasteiger partial charge on any atom is 0.309 e. The molecule has 2 heteroatoms. The molecule has 0 aliphatic carbocycles. The summed E-state index contributed by atoms with van der Waals surface area (Å²) in [5, 5.41) is 0. The number of allylic oxidation sites excluding steroid dienone is 3. The molecule has 15 heavy (non-hydrogen) atoms. The molecule has 0 aliphatic rings. The van der Waals surface area contributed by atoms with Crippen molar-refractivity contribution < 1.29 is 9.53 Å². The topological polar surface area (TPSA) is 26.3 Å². The van der Waals surface area contributed by atoms with Crippen molar-refractivity contribution in [3.63, 3.8) is 0 Å². The second-order valence-corrected chi connectivity index (χ2v) is 3.02. The van der Waals surface area contributed by atoms with Crippen molar-refractivity contribution >= 4 is 5.97 Å². The van der Waals surface area contributed by atoms with Gasteiger partial charge in [-0.1, -0.05) is 36.5 Å². The minimum atomic E-state index is -0.236. The first-order valence-electron chi connectivity index (χ1n) is 4.90. The van der Waals surface area contributed by atoms with Gasteiger partial charge in [-0.25, -0.2) is 0 Å². The number of ether oxygens (including phenoxy) is 1. The summed E-state index contributed by atoms with van der Waals surface area (Å²) < 4.78 is 4.84. The summed E-state index contributed by atoms with van der Waals surface area (Å²) >= 11 is 0. The first-order valence-corrected chi connectivity index (χ1v) is 4.90. The van der Waals surface area contributed by atoms with E-state index in [1.54, 1.807) is 6.08 Å². The lowest BCUT2D eigenvalue weighted by Gasteiger charge is -2.02. The fourth-order valence-electron chi connectivity index (χ4n) is 1.06. The van der Waals surface area contributed by atoms with E-state index < -0.39 is 0 Å². The quantitative estimate of drug-likeness (QED) is 0.450. The fourth-order valence-corrected chi connectivity index (χ4v) is 1.06. The zero-order valence-electron chi connectivity index (χ0n) is 9.08. The minimum absolute atomic E-state index is 0.236. The smallest absolute Gasteiger partial charge is 0.309 e. The maximum atomic E-state index is 11.1. The summed E-state index contributed by atoms with van der Waals surface area (Å²) in [7, 11) is 0. The first-order chi connectivity index (χ1) is 7.24. The van der Waals surface area contributed by atoms with E-state index in [0.717, 1.165) is 18.4 Å². The van der Waals surface area contributed by atoms with E-state index in [1.165, 1.54) is 0 Å². The van der Waals surface area contributed by atoms with Crippen LogP contribution in [0.15, 0.2) is 49.6 Å². The van der Waals surface area contributed by atoms with E-state index in [4.69, 9.17) is 4.74 Å². The summed E-state index contributed by atoms with van der Waals surface area (Å²) in [5.41, 5.74) is 1.13. The second-order valence-electron chi connectivity index (χ2n) is 3.02. The number of hydrogen-bond acceptors (Lipinski definition) is 2. The molecule has 0 rings (SSSR count). The number of esters is 1. The van der Waals surface area contributed by atoms with Gasteiger partial charge in [0.2, 0.25) is 0 Å². The van der Waals surface area contributed by atoms with Gasteiger partial charge < -0.3 is 4.74 Å². The molecule has 0 amide bonds. The first kappa shape index (κ1) is 13.4. The highest BCUT2D eigenvalue weighted by Gasteiger charge is 1.99. The van der Waals surface area contributed by atoms with Crippen LogP contribution in [0.3, 0.4) is 0 Å². The molecule has 0 atom stereocenters. The summed E-state index contributed by atoms with van der Waals surface area (Å²) in [4.78, 5) is 11.1. The van der Waals surface area contributed by atoms with Crippen LogP contribution in [-0.2, 0) is 9.53 Å². The Morgan fingerprint density at radius 3 is 2.07 bits per heavy atom. The molecule has 0 heterocycles. The molecule has 0 aromatic carbocycles. The van der Waals surface area contributed by atoms with E-state index >= 15 is 0 Å². The average molecular weight is 206 g/mol. The van der Waals surface area contributed by atoms with Crippen molar-refractivity contribution in [1.82, 2.24) is 0 Å². The van der Waals surface area contributed by atoms with E-state index in [1.807, 2.05) is 18.2 Å². The Morgan fingerprint density at radius 1 is 1.00 bits per heavy atom. The lowest BCUT2D eigenvalue weighted by molar-refractivity contribution is -0.141. The lowest BCUT2D eigenvalue weighted by atomic mass is 10.1. The highest BCUT2D eigenvalue weighted by atomic mass is 16.5. The molecule has 0 fully saturated rings. The van der Waals surface area contributed by atoms with E-state index in [-0.39, 0.29) is 12.6 Å². The van der Waals surface area contributed by atoms with Crippen LogP contribution >= 0.6 is 0 Å². The van der Waals surface area contributed by atoms with Crippen LogP contribution in [0.5, 0.6) is 0 Å². The Hall–Kier alpha value is -1.57. The molecular weight excluding hydrogens is 188 g/mol. The molecule has 0 bridgehead atoms. The van der Waals surface area contributed by atoms with E-state index in [2.05, 4.69) is 19.7 Å². The normalized spacial score (nSPS) is 8.80. The monoisotopic (exact) mass is 206 g/mol. The van der Waals surface area contributed by atoms with E-state index in [0.29, 0.717) is 6.42 Å². The van der Waals surface area contributed by atoms with Crippen molar-refractivity contribution in [3.8, 4) is 0 Å². The largest absolute Gasteiger partial charge is 0.461 e. The summed E-state index contributed by atoms with van der Waals surface area (Å²) in [5.74, 6) is -0.236. The Labute approximate surface area is 91.6 Å². The van der Waals surface area contributed by atoms with Crippen LogP contribution in [0, 0.1) is 0 Å². The van der Waals surface area contributed by atoms with Crippen LogP contribution in [-0.4, -0.2) is 12.6 Å². The van der Waals surface area contributed by atoms with Gasteiger partial charge in [-0.05, 0) is 12.8 Å². The van der Waals surface area contributed by atoms with Crippen LogP contribution in [0.2, 0.25) is 0 Å². The zero-order chi connectivity index (χ0) is 11.5. The van der Waals surface area contributed by atoms with Crippen LogP contribution < -0.4 is 0 Å². The highest BCUT2D eigenvalue weighted by molar-refractivity contribution is 5.71. The standard InChI is InChI=1S/C13H18O2/c1-4-7-12(8-5-2)9-10-13(14)15-11-6-3/h4-6,9H,1-3,7-8,10-11H2. The number of carbonyl (C=O) groups excluding carboxylic acids is 1. The highest BCUT2D eigenvalue weighted by Crippen LogP contribution is 2.09. The predicted octanol–water partition coefficient (Wildman–Crippen LogP) is 3.18. The SMILES string of the molecule is C=CCOC(=O)CC=C(CC=C)CC=C. The maximum absolute atomic E-state index is 11.1. The van der Waals surface area contributed by atoms with Gasteiger partial charge in [-0.15, -0.1) is 13.2 Å². The molecule has 0 aromatic heterocycles. The number of hydrogen-bond donors (Lipinski definition) is 0. The van der Waals surface area contributed by atoms with Gasteiger partial charge >= 0.3 is 5.97 Å². The Bertz CT molecular complexity index is 250. The molecule has 0 unspecified atom stereocenters. The predicted molar refractivity (Wildman–Crippen MR) is 63.5 cm³/mol. The third-order valence-electron chi connectivity index (χ3n) is 1.73. The second kappa shape index (κ2) is 9.00. The minimum Gasteiger partial charge on any atom is -0.461 e. The van der Waals surface area contributed by atoms with Gasteiger partial charge in [0, 0.05) is 0 Å². The fraction of sp³-hybridized carbons (Fsp3) is 0.308. The van der Waals surface area contributed by atoms with Crippen molar-refractivity contribution in [1.29, 1.82) is 0 Å². The Kier molecular flexibility index (Phi) is 8.06. The molecule has 82 valence electrons. The zero-order valence-corrected chi connectivity index (χ0v) is 9.08. The third kappa shape index (κ3) is 7.50. The van der Waals surface area contributed by atoms with Gasteiger partial charge in [0.1, 0.15) is 6.61 Å². The van der Waals surface area contributed by atoms with Gasteiger partial charge in [0.15, 0.2) is 0 Å². The van der Waals surface area contributed by atoms with Crippen molar-refractivity contribution in [2.45, 2.75) is 19.3 Å². The molecule has 0 saturated heterocycles. The van der Waals surface area contributed by atoms with Crippen molar-refractivity contribution in [2.75, 3.05) is 6.61 Å². The summed E-state index contributed by atoms with van der Waals surface area (Å²) in [6.45, 7) is 11.0. The molecule has 0 aromatic rings. The van der Waals surface area contributed by atoms with Gasteiger partial charge in [0.05, 0.1) is 6.42 Å². The molecule has 0 spiro atoms. The Balaban J connectivity index is 4.06. The molecule has 0 N–H and O–H groups in total. The van der Waals surface area contributed by atoms with Gasteiger partial charge in [0.25, 0.3) is 0 Å². The molecule has 2 nitrogen and oxygen atoms in total. The van der Waals surface area contributed by atoms with Crippen molar-refractivity contribution in [2.24, 2.45) is 0 Å². The molecule has 0 saturated carbocycles.